The first-order valence-corrected chi connectivity index (χ1v) is 8.21. The molecule has 0 aromatic carbocycles. The van der Waals surface area contributed by atoms with Crippen LogP contribution in [-0.2, 0) is 22.6 Å². The van der Waals surface area contributed by atoms with E-state index in [1.165, 1.54) is 0 Å². The van der Waals surface area contributed by atoms with Gasteiger partial charge in [-0.05, 0) is 10.4 Å². The molecule has 0 saturated carbocycles. The number of ether oxygens (including phenoxy) is 2. The average Bonchev–Trinajstić information content (AvgIpc) is 3.22. The van der Waals surface area contributed by atoms with Gasteiger partial charge in [-0.25, -0.2) is 4.68 Å². The number of hydrogen-bond acceptors (Lipinski definition) is 8. The number of methoxy groups -OCH3 is 1. The average molecular weight is 336 g/mol. The summed E-state index contributed by atoms with van der Waals surface area (Å²) in [6, 6.07) is 2.03. The van der Waals surface area contributed by atoms with Crippen LogP contribution in [0.3, 0.4) is 0 Å². The molecule has 9 nitrogen and oxygen atoms in total. The van der Waals surface area contributed by atoms with Crippen LogP contribution in [0, 0.1) is 0 Å². The lowest BCUT2D eigenvalue weighted by Gasteiger charge is -2.31. The summed E-state index contributed by atoms with van der Waals surface area (Å²) in [4.78, 5) is 2.28. The maximum Gasteiger partial charge on any atom is 0.181 e. The fourth-order valence-electron chi connectivity index (χ4n) is 2.69. The SMILES string of the molecule is COCCn1nnnc1[C@@H]1CN(Cc2cc(C(C)C)on2)CCO1. The molecule has 1 aliphatic heterocycles. The first-order chi connectivity index (χ1) is 11.7. The second-order valence-electron chi connectivity index (χ2n) is 6.22. The smallest absolute Gasteiger partial charge is 0.181 e. The normalized spacial score (nSPS) is 19.2. The lowest BCUT2D eigenvalue weighted by atomic mass is 10.1. The van der Waals surface area contributed by atoms with Gasteiger partial charge in [0.15, 0.2) is 5.82 Å². The van der Waals surface area contributed by atoms with Gasteiger partial charge >= 0.3 is 0 Å². The van der Waals surface area contributed by atoms with Crippen LogP contribution in [0.4, 0.5) is 0 Å². The molecule has 0 unspecified atom stereocenters. The largest absolute Gasteiger partial charge is 0.383 e. The van der Waals surface area contributed by atoms with Gasteiger partial charge in [-0.2, -0.15) is 0 Å². The zero-order valence-electron chi connectivity index (χ0n) is 14.4. The van der Waals surface area contributed by atoms with Gasteiger partial charge in [0, 0.05) is 38.7 Å². The Morgan fingerprint density at radius 2 is 2.29 bits per heavy atom. The van der Waals surface area contributed by atoms with Gasteiger partial charge in [0.1, 0.15) is 11.9 Å². The monoisotopic (exact) mass is 336 g/mol. The molecule has 132 valence electrons. The van der Waals surface area contributed by atoms with Crippen molar-refractivity contribution in [3.05, 3.63) is 23.3 Å². The van der Waals surface area contributed by atoms with E-state index >= 15 is 0 Å². The summed E-state index contributed by atoms with van der Waals surface area (Å²) in [5.41, 5.74) is 0.943. The molecule has 0 bridgehead atoms. The maximum absolute atomic E-state index is 5.86. The van der Waals surface area contributed by atoms with Crippen LogP contribution in [-0.4, -0.2) is 63.7 Å². The zero-order valence-corrected chi connectivity index (χ0v) is 14.4. The number of aromatic nitrogens is 5. The highest BCUT2D eigenvalue weighted by atomic mass is 16.5. The van der Waals surface area contributed by atoms with Crippen LogP contribution in [0.2, 0.25) is 0 Å². The van der Waals surface area contributed by atoms with Gasteiger partial charge in [-0.15, -0.1) is 5.10 Å². The standard InChI is InChI=1S/C15H24N6O3/c1-11(2)13-8-12(17-24-13)9-20-4-7-23-14(10-20)15-16-18-19-21(15)5-6-22-3/h8,11,14H,4-7,9-10H2,1-3H3/t14-/m0/s1. The first kappa shape index (κ1) is 17.0. The minimum atomic E-state index is -0.151. The molecule has 9 heteroatoms. The Labute approximate surface area is 140 Å². The van der Waals surface area contributed by atoms with Crippen molar-refractivity contribution in [1.29, 1.82) is 0 Å². The number of hydrogen-bond donors (Lipinski definition) is 0. The molecular weight excluding hydrogens is 312 g/mol. The molecule has 0 N–H and O–H groups in total. The van der Waals surface area contributed by atoms with Crippen molar-refractivity contribution in [3.63, 3.8) is 0 Å². The molecule has 3 heterocycles. The van der Waals surface area contributed by atoms with Crippen molar-refractivity contribution >= 4 is 0 Å². The Morgan fingerprint density at radius 1 is 1.42 bits per heavy atom. The quantitative estimate of drug-likeness (QED) is 0.740. The van der Waals surface area contributed by atoms with E-state index in [0.29, 0.717) is 25.7 Å². The van der Waals surface area contributed by atoms with E-state index in [2.05, 4.69) is 39.4 Å². The Kier molecular flexibility index (Phi) is 5.54. The third-order valence-electron chi connectivity index (χ3n) is 4.04. The van der Waals surface area contributed by atoms with E-state index in [0.717, 1.165) is 36.9 Å². The summed E-state index contributed by atoms with van der Waals surface area (Å²) in [6.07, 6.45) is -0.151. The van der Waals surface area contributed by atoms with Crippen molar-refractivity contribution in [3.8, 4) is 0 Å². The van der Waals surface area contributed by atoms with Crippen LogP contribution in [0.15, 0.2) is 10.6 Å². The maximum atomic E-state index is 5.86. The molecule has 2 aromatic heterocycles. The number of nitrogens with zero attached hydrogens (tertiary/aromatic N) is 6. The first-order valence-electron chi connectivity index (χ1n) is 8.21. The van der Waals surface area contributed by atoms with E-state index in [-0.39, 0.29) is 6.10 Å². The molecule has 1 saturated heterocycles. The second kappa shape index (κ2) is 7.82. The molecule has 2 aromatic rings. The lowest BCUT2D eigenvalue weighted by molar-refractivity contribution is -0.0402. The van der Waals surface area contributed by atoms with Crippen molar-refractivity contribution in [2.24, 2.45) is 0 Å². The van der Waals surface area contributed by atoms with Gasteiger partial charge in [0.2, 0.25) is 0 Å². The van der Waals surface area contributed by atoms with Crippen molar-refractivity contribution in [2.75, 3.05) is 33.4 Å². The molecule has 1 atom stereocenters. The minimum absolute atomic E-state index is 0.151. The molecule has 1 fully saturated rings. The highest BCUT2D eigenvalue weighted by Gasteiger charge is 2.27. The fraction of sp³-hybridized carbons (Fsp3) is 0.733. The molecule has 0 spiro atoms. The summed E-state index contributed by atoms with van der Waals surface area (Å²) >= 11 is 0. The Bertz CT molecular complexity index is 641. The Balaban J connectivity index is 1.62. The predicted octanol–water partition coefficient (Wildman–Crippen LogP) is 1.00. The molecule has 0 radical (unpaired) electrons. The van der Waals surface area contributed by atoms with Crippen molar-refractivity contribution in [2.45, 2.75) is 39.0 Å². The molecule has 3 rings (SSSR count). The number of tetrazole rings is 1. The van der Waals surface area contributed by atoms with Gasteiger partial charge in [0.25, 0.3) is 0 Å². The van der Waals surface area contributed by atoms with Crippen LogP contribution < -0.4 is 0 Å². The van der Waals surface area contributed by atoms with Crippen molar-refractivity contribution in [1.82, 2.24) is 30.3 Å². The summed E-state index contributed by atoms with van der Waals surface area (Å²) in [7, 11) is 1.66. The predicted molar refractivity (Wildman–Crippen MR) is 84.3 cm³/mol. The third-order valence-corrected chi connectivity index (χ3v) is 4.04. The highest BCUT2D eigenvalue weighted by Crippen LogP contribution is 2.22. The van der Waals surface area contributed by atoms with E-state index in [1.807, 2.05) is 6.07 Å². The molecule has 0 aliphatic carbocycles. The number of morpholine rings is 1. The minimum Gasteiger partial charge on any atom is -0.383 e. The summed E-state index contributed by atoms with van der Waals surface area (Å²) in [5.74, 6) is 1.99. The molecule has 24 heavy (non-hydrogen) atoms. The molecule has 1 aliphatic rings. The Hall–Kier alpha value is -1.84. The van der Waals surface area contributed by atoms with E-state index in [4.69, 9.17) is 14.0 Å². The summed E-state index contributed by atoms with van der Waals surface area (Å²) in [5, 5.41) is 16.1. The topological polar surface area (TPSA) is 91.3 Å². The fourth-order valence-corrected chi connectivity index (χ4v) is 2.69. The third kappa shape index (κ3) is 3.97. The van der Waals surface area contributed by atoms with Gasteiger partial charge in [-0.3, -0.25) is 4.90 Å². The van der Waals surface area contributed by atoms with E-state index < -0.39 is 0 Å². The van der Waals surface area contributed by atoms with E-state index in [9.17, 15) is 0 Å². The summed E-state index contributed by atoms with van der Waals surface area (Å²) in [6.45, 7) is 8.29. The Morgan fingerprint density at radius 3 is 3.04 bits per heavy atom. The van der Waals surface area contributed by atoms with E-state index in [1.54, 1.807) is 11.8 Å². The lowest BCUT2D eigenvalue weighted by Crippen LogP contribution is -2.39. The molecule has 0 amide bonds. The summed E-state index contributed by atoms with van der Waals surface area (Å²) < 4.78 is 18.1. The van der Waals surface area contributed by atoms with Gasteiger partial charge < -0.3 is 14.0 Å². The van der Waals surface area contributed by atoms with Crippen LogP contribution >= 0.6 is 0 Å². The number of rotatable bonds is 7. The van der Waals surface area contributed by atoms with Gasteiger partial charge in [0.05, 0.1) is 25.5 Å². The second-order valence-corrected chi connectivity index (χ2v) is 6.22. The van der Waals surface area contributed by atoms with Crippen LogP contribution in [0.5, 0.6) is 0 Å². The van der Waals surface area contributed by atoms with Crippen molar-refractivity contribution < 1.29 is 14.0 Å². The van der Waals surface area contributed by atoms with Crippen LogP contribution in [0.25, 0.3) is 0 Å². The zero-order chi connectivity index (χ0) is 16.9. The molecular formula is C15H24N6O3. The van der Waals surface area contributed by atoms with Crippen LogP contribution in [0.1, 0.15) is 43.1 Å². The highest BCUT2D eigenvalue weighted by molar-refractivity contribution is 5.08. The van der Waals surface area contributed by atoms with Gasteiger partial charge in [-0.1, -0.05) is 19.0 Å².